The summed E-state index contributed by atoms with van der Waals surface area (Å²) in [6.45, 7) is 2.67. The van der Waals surface area contributed by atoms with E-state index in [1.807, 2.05) is 6.92 Å². The molecule has 2 N–H and O–H groups in total. The van der Waals surface area contributed by atoms with Crippen molar-refractivity contribution in [2.75, 3.05) is 11.9 Å². The molecule has 2 aromatic rings. The van der Waals surface area contributed by atoms with Crippen molar-refractivity contribution in [2.24, 2.45) is 7.05 Å². The van der Waals surface area contributed by atoms with Crippen LogP contribution in [0.1, 0.15) is 34.3 Å². The zero-order chi connectivity index (χ0) is 14.8. The summed E-state index contributed by atoms with van der Waals surface area (Å²) in [5.41, 5.74) is 1.18. The molecule has 2 heterocycles. The molecule has 1 atom stereocenters. The topological polar surface area (TPSA) is 71.8 Å². The van der Waals surface area contributed by atoms with Crippen LogP contribution in [0.4, 0.5) is 10.6 Å². The second-order valence-electron chi connectivity index (χ2n) is 5.31. The first-order valence-corrected chi connectivity index (χ1v) is 7.94. The maximum atomic E-state index is 11.9. The molecule has 21 heavy (non-hydrogen) atoms. The Morgan fingerprint density at radius 2 is 2.43 bits per heavy atom. The van der Waals surface area contributed by atoms with Crippen molar-refractivity contribution < 1.29 is 4.79 Å². The van der Waals surface area contributed by atoms with Gasteiger partial charge < -0.3 is 5.32 Å². The van der Waals surface area contributed by atoms with Gasteiger partial charge >= 0.3 is 6.03 Å². The molecule has 1 aliphatic carbocycles. The molecule has 112 valence electrons. The van der Waals surface area contributed by atoms with Crippen molar-refractivity contribution >= 4 is 23.2 Å². The van der Waals surface area contributed by atoms with Crippen molar-refractivity contribution in [3.8, 4) is 0 Å². The molecule has 6 nitrogen and oxygen atoms in total. The number of hydrogen-bond acceptors (Lipinski definition) is 4. The number of carbonyl (C=O) groups is 1. The van der Waals surface area contributed by atoms with Gasteiger partial charge in [0, 0.05) is 30.5 Å². The standard InChI is InChI=1S/C14H19N5OS/c1-9-17-13-10(4-3-5-11(13)21-9)8-15-14(20)18-12-6-7-16-19(12)2/h6-7,10H,3-5,8H2,1-2H3,(H2,15,18,20)/t10-/m1/s1. The molecule has 7 heteroatoms. The van der Waals surface area contributed by atoms with E-state index in [0.29, 0.717) is 18.3 Å². The molecule has 2 aromatic heterocycles. The monoisotopic (exact) mass is 305 g/mol. The van der Waals surface area contributed by atoms with Crippen LogP contribution in [0.15, 0.2) is 12.3 Å². The van der Waals surface area contributed by atoms with E-state index in [4.69, 9.17) is 0 Å². The lowest BCUT2D eigenvalue weighted by molar-refractivity contribution is 0.251. The summed E-state index contributed by atoms with van der Waals surface area (Å²) in [5.74, 6) is 1.01. The molecule has 0 saturated heterocycles. The van der Waals surface area contributed by atoms with Gasteiger partial charge in [-0.25, -0.2) is 9.78 Å². The van der Waals surface area contributed by atoms with Gasteiger partial charge in [-0.15, -0.1) is 11.3 Å². The highest BCUT2D eigenvalue weighted by Crippen LogP contribution is 2.34. The van der Waals surface area contributed by atoms with Crippen LogP contribution in [0.2, 0.25) is 0 Å². The van der Waals surface area contributed by atoms with E-state index in [-0.39, 0.29) is 6.03 Å². The number of nitrogens with zero attached hydrogens (tertiary/aromatic N) is 3. The lowest BCUT2D eigenvalue weighted by Crippen LogP contribution is -2.33. The Bertz CT molecular complexity index is 648. The van der Waals surface area contributed by atoms with E-state index in [9.17, 15) is 4.79 Å². The number of aryl methyl sites for hydroxylation is 3. The first kappa shape index (κ1) is 14.1. The first-order chi connectivity index (χ1) is 10.1. The number of amides is 2. The minimum absolute atomic E-state index is 0.197. The van der Waals surface area contributed by atoms with Gasteiger partial charge in [0.25, 0.3) is 0 Å². The smallest absolute Gasteiger partial charge is 0.320 e. The zero-order valence-electron chi connectivity index (χ0n) is 12.2. The van der Waals surface area contributed by atoms with Crippen LogP contribution in [0, 0.1) is 6.92 Å². The summed E-state index contributed by atoms with van der Waals surface area (Å²) in [6, 6.07) is 1.57. The molecule has 0 aliphatic heterocycles. The Labute approximate surface area is 127 Å². The lowest BCUT2D eigenvalue weighted by Gasteiger charge is -2.21. The molecular weight excluding hydrogens is 286 g/mol. The maximum Gasteiger partial charge on any atom is 0.320 e. The summed E-state index contributed by atoms with van der Waals surface area (Å²) in [7, 11) is 1.79. The number of rotatable bonds is 3. The van der Waals surface area contributed by atoms with Gasteiger partial charge in [-0.3, -0.25) is 10.00 Å². The molecule has 0 radical (unpaired) electrons. The van der Waals surface area contributed by atoms with Gasteiger partial charge in [0.05, 0.1) is 16.9 Å². The third-order valence-electron chi connectivity index (χ3n) is 3.75. The number of aromatic nitrogens is 3. The van der Waals surface area contributed by atoms with E-state index in [0.717, 1.165) is 17.8 Å². The van der Waals surface area contributed by atoms with Crippen LogP contribution in [0.5, 0.6) is 0 Å². The number of carbonyl (C=O) groups excluding carboxylic acids is 1. The fourth-order valence-corrected chi connectivity index (χ4v) is 3.76. The molecule has 0 fully saturated rings. The molecular formula is C14H19N5OS. The summed E-state index contributed by atoms with van der Waals surface area (Å²) >= 11 is 1.78. The fourth-order valence-electron chi connectivity index (χ4n) is 2.70. The molecule has 3 rings (SSSR count). The van der Waals surface area contributed by atoms with Gasteiger partial charge in [0.1, 0.15) is 5.82 Å². The van der Waals surface area contributed by atoms with Gasteiger partial charge in [0.2, 0.25) is 0 Å². The predicted octanol–water partition coefficient (Wildman–Crippen LogP) is 2.43. The highest BCUT2D eigenvalue weighted by atomic mass is 32.1. The van der Waals surface area contributed by atoms with Gasteiger partial charge in [-0.1, -0.05) is 0 Å². The maximum absolute atomic E-state index is 11.9. The second-order valence-corrected chi connectivity index (χ2v) is 6.59. The fraction of sp³-hybridized carbons (Fsp3) is 0.500. The molecule has 1 aliphatic rings. The van der Waals surface area contributed by atoms with Crippen molar-refractivity contribution in [2.45, 2.75) is 32.1 Å². The van der Waals surface area contributed by atoms with Crippen LogP contribution in [0.3, 0.4) is 0 Å². The van der Waals surface area contributed by atoms with Crippen LogP contribution in [-0.2, 0) is 13.5 Å². The highest BCUT2D eigenvalue weighted by molar-refractivity contribution is 7.11. The van der Waals surface area contributed by atoms with Crippen molar-refractivity contribution in [3.63, 3.8) is 0 Å². The normalized spacial score (nSPS) is 17.3. The first-order valence-electron chi connectivity index (χ1n) is 7.12. The Balaban J connectivity index is 1.58. The van der Waals surface area contributed by atoms with E-state index in [2.05, 4.69) is 20.7 Å². The number of hydrogen-bond donors (Lipinski definition) is 2. The van der Waals surface area contributed by atoms with E-state index < -0.39 is 0 Å². The third kappa shape index (κ3) is 3.07. The average molecular weight is 305 g/mol. The third-order valence-corrected chi connectivity index (χ3v) is 4.80. The van der Waals surface area contributed by atoms with Crippen LogP contribution in [0.25, 0.3) is 0 Å². The minimum atomic E-state index is -0.197. The Morgan fingerprint density at radius 3 is 3.19 bits per heavy atom. The van der Waals surface area contributed by atoms with Crippen molar-refractivity contribution in [1.29, 1.82) is 0 Å². The van der Waals surface area contributed by atoms with E-state index >= 15 is 0 Å². The summed E-state index contributed by atoms with van der Waals surface area (Å²) < 4.78 is 1.63. The Kier molecular flexibility index (Phi) is 3.92. The van der Waals surface area contributed by atoms with Crippen LogP contribution >= 0.6 is 11.3 Å². The largest absolute Gasteiger partial charge is 0.337 e. The number of anilines is 1. The highest BCUT2D eigenvalue weighted by Gasteiger charge is 2.24. The number of fused-ring (bicyclic) bond motifs is 1. The Hall–Kier alpha value is -1.89. The summed E-state index contributed by atoms with van der Waals surface area (Å²) in [6.07, 6.45) is 5.03. The minimum Gasteiger partial charge on any atom is -0.337 e. The SMILES string of the molecule is Cc1nc2c(s1)CCC[C@@H]2CNC(=O)Nc1ccnn1C. The van der Waals surface area contributed by atoms with Crippen LogP contribution < -0.4 is 10.6 Å². The molecule has 2 amide bonds. The molecule has 0 saturated carbocycles. The van der Waals surface area contributed by atoms with E-state index in [1.54, 1.807) is 35.3 Å². The van der Waals surface area contributed by atoms with Gasteiger partial charge in [-0.05, 0) is 26.2 Å². The van der Waals surface area contributed by atoms with E-state index in [1.165, 1.54) is 17.0 Å². The lowest BCUT2D eigenvalue weighted by atomic mass is 9.91. The number of thiazole rings is 1. The molecule has 0 aromatic carbocycles. The van der Waals surface area contributed by atoms with Crippen LogP contribution in [-0.4, -0.2) is 27.3 Å². The Morgan fingerprint density at radius 1 is 1.57 bits per heavy atom. The second kappa shape index (κ2) is 5.85. The van der Waals surface area contributed by atoms with Gasteiger partial charge in [0.15, 0.2) is 0 Å². The molecule has 0 spiro atoms. The molecule has 0 unspecified atom stereocenters. The number of nitrogens with one attached hydrogen (secondary N) is 2. The van der Waals surface area contributed by atoms with Gasteiger partial charge in [-0.2, -0.15) is 5.10 Å². The van der Waals surface area contributed by atoms with Crippen molar-refractivity contribution in [1.82, 2.24) is 20.1 Å². The zero-order valence-corrected chi connectivity index (χ0v) is 13.0. The summed E-state index contributed by atoms with van der Waals surface area (Å²) in [5, 5.41) is 10.9. The summed E-state index contributed by atoms with van der Waals surface area (Å²) in [4.78, 5) is 18.0. The predicted molar refractivity (Wildman–Crippen MR) is 82.8 cm³/mol. The van der Waals surface area contributed by atoms with Crippen molar-refractivity contribution in [3.05, 3.63) is 27.8 Å². The quantitative estimate of drug-likeness (QED) is 0.915. The molecule has 0 bridgehead atoms. The number of urea groups is 1. The average Bonchev–Trinajstić information content (AvgIpc) is 3.02.